The molecule has 0 atom stereocenters. The second-order valence-corrected chi connectivity index (χ2v) is 4.49. The lowest BCUT2D eigenvalue weighted by atomic mass is 10.1. The van der Waals surface area contributed by atoms with E-state index in [0.29, 0.717) is 5.02 Å². The molecule has 3 heteroatoms. The Labute approximate surface area is 95.6 Å². The van der Waals surface area contributed by atoms with E-state index in [4.69, 9.17) is 23.2 Å². The number of hydrogen-bond donors (Lipinski definition) is 0. The minimum atomic E-state index is 0.700. The van der Waals surface area contributed by atoms with E-state index in [1.54, 1.807) is 6.07 Å². The van der Waals surface area contributed by atoms with E-state index in [9.17, 15) is 0 Å². The van der Waals surface area contributed by atoms with Gasteiger partial charge in [0.2, 0.25) is 0 Å². The molecule has 0 aliphatic heterocycles. The number of benzene rings is 1. The third-order valence-electron chi connectivity index (χ3n) is 2.07. The van der Waals surface area contributed by atoms with Crippen LogP contribution in [0.15, 0.2) is 18.2 Å². The Kier molecular flexibility index (Phi) is 4.73. The minimum absolute atomic E-state index is 0.700. The first-order valence-corrected chi connectivity index (χ1v) is 5.44. The van der Waals surface area contributed by atoms with Crippen LogP contribution in [0.5, 0.6) is 0 Å². The molecule has 14 heavy (non-hydrogen) atoms. The Bertz CT molecular complexity index is 297. The van der Waals surface area contributed by atoms with Crippen LogP contribution in [0.4, 0.5) is 0 Å². The lowest BCUT2D eigenvalue weighted by molar-refractivity contribution is 0.400. The number of halogens is 2. The maximum atomic E-state index is 6.05. The van der Waals surface area contributed by atoms with Crippen LogP contribution in [-0.2, 0) is 6.42 Å². The van der Waals surface area contributed by atoms with Crippen LogP contribution < -0.4 is 0 Å². The standard InChI is InChI=1S/C11H15Cl2N/c1-14(2)7-3-4-9-5-6-10(12)8-11(9)13/h5-6,8H,3-4,7H2,1-2H3. The number of nitrogens with zero attached hydrogens (tertiary/aromatic N) is 1. The van der Waals surface area contributed by atoms with E-state index in [1.165, 1.54) is 5.56 Å². The van der Waals surface area contributed by atoms with Gasteiger partial charge in [0.1, 0.15) is 0 Å². The molecule has 0 unspecified atom stereocenters. The Balaban J connectivity index is 2.51. The van der Waals surface area contributed by atoms with Crippen LogP contribution in [0.25, 0.3) is 0 Å². The molecule has 0 spiro atoms. The highest BCUT2D eigenvalue weighted by atomic mass is 35.5. The van der Waals surface area contributed by atoms with E-state index in [-0.39, 0.29) is 0 Å². The molecule has 78 valence electrons. The van der Waals surface area contributed by atoms with Gasteiger partial charge in [-0.3, -0.25) is 0 Å². The van der Waals surface area contributed by atoms with Gasteiger partial charge >= 0.3 is 0 Å². The molecule has 0 heterocycles. The monoisotopic (exact) mass is 231 g/mol. The van der Waals surface area contributed by atoms with Gasteiger partial charge in [0, 0.05) is 10.0 Å². The van der Waals surface area contributed by atoms with Crippen molar-refractivity contribution in [2.75, 3.05) is 20.6 Å². The highest BCUT2D eigenvalue weighted by molar-refractivity contribution is 6.35. The maximum Gasteiger partial charge on any atom is 0.0452 e. The molecule has 0 N–H and O–H groups in total. The Morgan fingerprint density at radius 1 is 1.21 bits per heavy atom. The van der Waals surface area contributed by atoms with Gasteiger partial charge in [-0.05, 0) is 51.2 Å². The third-order valence-corrected chi connectivity index (χ3v) is 2.65. The molecule has 1 aromatic carbocycles. The predicted octanol–water partition coefficient (Wildman–Crippen LogP) is 3.49. The molecule has 1 aromatic rings. The fourth-order valence-electron chi connectivity index (χ4n) is 1.31. The summed E-state index contributed by atoms with van der Waals surface area (Å²) in [6.07, 6.45) is 2.13. The van der Waals surface area contributed by atoms with Crippen LogP contribution in [0.3, 0.4) is 0 Å². The largest absolute Gasteiger partial charge is 0.309 e. The second kappa shape index (κ2) is 5.59. The van der Waals surface area contributed by atoms with Gasteiger partial charge in [0.25, 0.3) is 0 Å². The Morgan fingerprint density at radius 2 is 1.93 bits per heavy atom. The van der Waals surface area contributed by atoms with E-state index in [0.717, 1.165) is 24.4 Å². The molecule has 0 aliphatic rings. The fourth-order valence-corrected chi connectivity index (χ4v) is 1.81. The molecule has 0 amide bonds. The van der Waals surface area contributed by atoms with Crippen molar-refractivity contribution in [2.45, 2.75) is 12.8 Å². The lowest BCUT2D eigenvalue weighted by Gasteiger charge is -2.09. The Hall–Kier alpha value is -0.240. The quantitative estimate of drug-likeness (QED) is 0.768. The molecular weight excluding hydrogens is 217 g/mol. The van der Waals surface area contributed by atoms with Crippen molar-refractivity contribution < 1.29 is 0 Å². The number of aryl methyl sites for hydroxylation is 1. The van der Waals surface area contributed by atoms with Gasteiger partial charge in [0.15, 0.2) is 0 Å². The summed E-state index contributed by atoms with van der Waals surface area (Å²) in [5.41, 5.74) is 1.18. The zero-order valence-corrected chi connectivity index (χ0v) is 10.1. The predicted molar refractivity (Wildman–Crippen MR) is 63.3 cm³/mol. The average Bonchev–Trinajstić information content (AvgIpc) is 2.08. The van der Waals surface area contributed by atoms with E-state index in [1.807, 2.05) is 12.1 Å². The van der Waals surface area contributed by atoms with Gasteiger partial charge in [-0.25, -0.2) is 0 Å². The van der Waals surface area contributed by atoms with Crippen LogP contribution in [-0.4, -0.2) is 25.5 Å². The van der Waals surface area contributed by atoms with Gasteiger partial charge in [-0.15, -0.1) is 0 Å². The summed E-state index contributed by atoms with van der Waals surface area (Å²) in [6.45, 7) is 1.08. The highest BCUT2D eigenvalue weighted by Gasteiger charge is 2.01. The summed E-state index contributed by atoms with van der Waals surface area (Å²) in [5.74, 6) is 0. The molecule has 0 radical (unpaired) electrons. The summed E-state index contributed by atoms with van der Waals surface area (Å²) in [5, 5.41) is 1.47. The third kappa shape index (κ3) is 3.87. The van der Waals surface area contributed by atoms with E-state index < -0.39 is 0 Å². The zero-order valence-electron chi connectivity index (χ0n) is 8.56. The van der Waals surface area contributed by atoms with Gasteiger partial charge in [-0.1, -0.05) is 29.3 Å². The van der Waals surface area contributed by atoms with Crippen molar-refractivity contribution in [1.82, 2.24) is 4.90 Å². The molecular formula is C11H15Cl2N. The maximum absolute atomic E-state index is 6.05. The van der Waals surface area contributed by atoms with Crippen molar-refractivity contribution in [3.63, 3.8) is 0 Å². The second-order valence-electron chi connectivity index (χ2n) is 3.64. The molecule has 1 rings (SSSR count). The molecule has 0 fully saturated rings. The van der Waals surface area contributed by atoms with Gasteiger partial charge in [0.05, 0.1) is 0 Å². The van der Waals surface area contributed by atoms with Crippen LogP contribution in [0.1, 0.15) is 12.0 Å². The molecule has 0 aliphatic carbocycles. The van der Waals surface area contributed by atoms with E-state index in [2.05, 4.69) is 19.0 Å². The zero-order chi connectivity index (χ0) is 10.6. The molecule has 1 nitrogen and oxygen atoms in total. The SMILES string of the molecule is CN(C)CCCc1ccc(Cl)cc1Cl. The van der Waals surface area contributed by atoms with E-state index >= 15 is 0 Å². The van der Waals surface area contributed by atoms with Crippen molar-refractivity contribution in [3.8, 4) is 0 Å². The van der Waals surface area contributed by atoms with Gasteiger partial charge in [-0.2, -0.15) is 0 Å². The first-order valence-electron chi connectivity index (χ1n) is 4.68. The van der Waals surface area contributed by atoms with Crippen LogP contribution >= 0.6 is 23.2 Å². The summed E-state index contributed by atoms with van der Waals surface area (Å²) >= 11 is 11.9. The summed E-state index contributed by atoms with van der Waals surface area (Å²) in [7, 11) is 4.15. The topological polar surface area (TPSA) is 3.24 Å². The van der Waals surface area contributed by atoms with Crippen molar-refractivity contribution in [3.05, 3.63) is 33.8 Å². The van der Waals surface area contributed by atoms with Gasteiger partial charge < -0.3 is 4.90 Å². The van der Waals surface area contributed by atoms with Crippen molar-refractivity contribution >= 4 is 23.2 Å². The number of rotatable bonds is 4. The number of hydrogen-bond acceptors (Lipinski definition) is 1. The highest BCUT2D eigenvalue weighted by Crippen LogP contribution is 2.21. The minimum Gasteiger partial charge on any atom is -0.309 e. The summed E-state index contributed by atoms with van der Waals surface area (Å²) < 4.78 is 0. The van der Waals surface area contributed by atoms with Crippen LogP contribution in [0.2, 0.25) is 10.0 Å². The Morgan fingerprint density at radius 3 is 2.50 bits per heavy atom. The average molecular weight is 232 g/mol. The van der Waals surface area contributed by atoms with Crippen LogP contribution in [0, 0.1) is 0 Å². The molecule has 0 saturated carbocycles. The smallest absolute Gasteiger partial charge is 0.0452 e. The lowest BCUT2D eigenvalue weighted by Crippen LogP contribution is -2.13. The summed E-state index contributed by atoms with van der Waals surface area (Å²) in [6, 6.07) is 5.69. The normalized spacial score (nSPS) is 10.9. The molecule has 0 bridgehead atoms. The first kappa shape index (κ1) is 11.8. The first-order chi connectivity index (χ1) is 6.59. The van der Waals surface area contributed by atoms with Crippen molar-refractivity contribution in [1.29, 1.82) is 0 Å². The fraction of sp³-hybridized carbons (Fsp3) is 0.455. The molecule has 0 aromatic heterocycles. The van der Waals surface area contributed by atoms with Crippen molar-refractivity contribution in [2.24, 2.45) is 0 Å². The summed E-state index contributed by atoms with van der Waals surface area (Å²) in [4.78, 5) is 2.17. The molecule has 0 saturated heterocycles.